The normalized spacial score (nSPS) is 16.9. The maximum Gasteiger partial charge on any atom is 0.226 e. The van der Waals surface area contributed by atoms with Crippen LogP contribution in [0.25, 0.3) is 0 Å². The van der Waals surface area contributed by atoms with E-state index in [4.69, 9.17) is 0 Å². The van der Waals surface area contributed by atoms with E-state index in [2.05, 4.69) is 25.4 Å². The van der Waals surface area contributed by atoms with Crippen LogP contribution in [0.15, 0.2) is 25.0 Å². The minimum Gasteiger partial charge on any atom is -0.354 e. The predicted molar refractivity (Wildman–Crippen MR) is 92.6 cm³/mol. The van der Waals surface area contributed by atoms with E-state index in [-0.39, 0.29) is 23.8 Å². The lowest BCUT2D eigenvalue weighted by Crippen LogP contribution is -2.43. The zero-order chi connectivity index (χ0) is 18.5. The van der Waals surface area contributed by atoms with E-state index < -0.39 is 0 Å². The smallest absolute Gasteiger partial charge is 0.226 e. The van der Waals surface area contributed by atoms with Crippen LogP contribution in [0.2, 0.25) is 0 Å². The molecule has 0 radical (unpaired) electrons. The fraction of sp³-hybridized carbons (Fsp3) is 0.529. The highest BCUT2D eigenvalue weighted by molar-refractivity contribution is 5.81. The van der Waals surface area contributed by atoms with Gasteiger partial charge >= 0.3 is 0 Å². The minimum atomic E-state index is -0.357. The van der Waals surface area contributed by atoms with Crippen molar-refractivity contribution in [3.8, 4) is 0 Å². The first-order chi connectivity index (χ1) is 12.5. The second kappa shape index (κ2) is 8.03. The summed E-state index contributed by atoms with van der Waals surface area (Å²) in [5.41, 5.74) is 0.910. The molecule has 2 amide bonds. The number of hydrogen-bond acceptors (Lipinski definition) is 6. The summed E-state index contributed by atoms with van der Waals surface area (Å²) in [6.07, 6.45) is 7.23. The number of rotatable bonds is 5. The summed E-state index contributed by atoms with van der Waals surface area (Å²) >= 11 is 0. The summed E-state index contributed by atoms with van der Waals surface area (Å²) < 4.78 is 1.71. The molecule has 0 bridgehead atoms. The zero-order valence-electron chi connectivity index (χ0n) is 15.0. The molecule has 0 saturated heterocycles. The van der Waals surface area contributed by atoms with Crippen molar-refractivity contribution in [2.75, 3.05) is 6.54 Å². The molecule has 1 unspecified atom stereocenters. The highest BCUT2D eigenvalue weighted by atomic mass is 16.2. The van der Waals surface area contributed by atoms with Gasteiger partial charge in [-0.1, -0.05) is 0 Å². The Morgan fingerprint density at radius 1 is 1.23 bits per heavy atom. The topological polar surface area (TPSA) is 106 Å². The average Bonchev–Trinajstić information content (AvgIpc) is 2.97. The Morgan fingerprint density at radius 3 is 2.73 bits per heavy atom. The summed E-state index contributed by atoms with van der Waals surface area (Å²) in [5.74, 6) is 0.246. The monoisotopic (exact) mass is 357 g/mol. The third kappa shape index (κ3) is 4.41. The van der Waals surface area contributed by atoms with Gasteiger partial charge in [-0.3, -0.25) is 9.59 Å². The standard InChI is InChI=1S/C17H23N7O2/c1-12(2)22-17(26)14-7-23(9-15-20-11-21-24(15)8-14)16(25)4-3-13-5-18-10-19-6-13/h5-6,10-12,14H,3-4,7-9H2,1-2H3,(H,22,26). The Labute approximate surface area is 151 Å². The molecule has 1 aliphatic heterocycles. The highest BCUT2D eigenvalue weighted by Gasteiger charge is 2.30. The van der Waals surface area contributed by atoms with E-state index in [0.717, 1.165) is 5.56 Å². The third-order valence-corrected chi connectivity index (χ3v) is 4.26. The molecule has 9 heteroatoms. The lowest BCUT2D eigenvalue weighted by molar-refractivity contribution is -0.134. The number of aromatic nitrogens is 5. The van der Waals surface area contributed by atoms with Crippen LogP contribution in [-0.2, 0) is 29.1 Å². The number of aryl methyl sites for hydroxylation is 1. The molecule has 138 valence electrons. The fourth-order valence-electron chi connectivity index (χ4n) is 2.96. The molecular weight excluding hydrogens is 334 g/mol. The molecule has 26 heavy (non-hydrogen) atoms. The van der Waals surface area contributed by atoms with E-state index >= 15 is 0 Å². The number of carbonyl (C=O) groups excluding carboxylic acids is 2. The second-order valence-electron chi connectivity index (χ2n) is 6.74. The van der Waals surface area contributed by atoms with Crippen molar-refractivity contribution in [1.82, 2.24) is 34.9 Å². The molecule has 9 nitrogen and oxygen atoms in total. The van der Waals surface area contributed by atoms with Gasteiger partial charge in [0.15, 0.2) is 0 Å². The molecule has 0 aliphatic carbocycles. The first-order valence-electron chi connectivity index (χ1n) is 8.71. The Balaban J connectivity index is 1.70. The summed E-state index contributed by atoms with van der Waals surface area (Å²) in [6, 6.07) is 0.0446. The number of fused-ring (bicyclic) bond motifs is 1. The van der Waals surface area contributed by atoms with E-state index in [1.54, 1.807) is 22.0 Å². The second-order valence-corrected chi connectivity index (χ2v) is 6.74. The molecule has 3 heterocycles. The Bertz CT molecular complexity index is 759. The maximum absolute atomic E-state index is 12.7. The lowest BCUT2D eigenvalue weighted by Gasteiger charge is -2.24. The van der Waals surface area contributed by atoms with Gasteiger partial charge in [0.2, 0.25) is 11.8 Å². The van der Waals surface area contributed by atoms with Gasteiger partial charge in [-0.25, -0.2) is 19.6 Å². The van der Waals surface area contributed by atoms with Crippen molar-refractivity contribution < 1.29 is 9.59 Å². The van der Waals surface area contributed by atoms with Crippen molar-refractivity contribution in [3.05, 3.63) is 36.4 Å². The quantitative estimate of drug-likeness (QED) is 0.818. The first kappa shape index (κ1) is 18.0. The summed E-state index contributed by atoms with van der Waals surface area (Å²) in [7, 11) is 0. The third-order valence-electron chi connectivity index (χ3n) is 4.26. The molecule has 1 aliphatic rings. The fourth-order valence-corrected chi connectivity index (χ4v) is 2.96. The molecule has 3 rings (SSSR count). The number of hydrogen-bond donors (Lipinski definition) is 1. The van der Waals surface area contributed by atoms with Crippen LogP contribution >= 0.6 is 0 Å². The van der Waals surface area contributed by atoms with Gasteiger partial charge in [-0.2, -0.15) is 5.10 Å². The Hall–Kier alpha value is -2.84. The van der Waals surface area contributed by atoms with E-state index in [1.165, 1.54) is 12.7 Å². The van der Waals surface area contributed by atoms with Crippen molar-refractivity contribution in [1.29, 1.82) is 0 Å². The van der Waals surface area contributed by atoms with Gasteiger partial charge in [0.25, 0.3) is 0 Å². The first-order valence-corrected chi connectivity index (χ1v) is 8.71. The highest BCUT2D eigenvalue weighted by Crippen LogP contribution is 2.16. The number of amides is 2. The van der Waals surface area contributed by atoms with Crippen LogP contribution < -0.4 is 5.32 Å². The molecule has 0 fully saturated rings. The van der Waals surface area contributed by atoms with E-state index in [9.17, 15) is 9.59 Å². The van der Waals surface area contributed by atoms with Gasteiger partial charge in [-0.15, -0.1) is 0 Å². The van der Waals surface area contributed by atoms with Crippen molar-refractivity contribution in [3.63, 3.8) is 0 Å². The summed E-state index contributed by atoms with van der Waals surface area (Å²) in [5, 5.41) is 7.11. The van der Waals surface area contributed by atoms with Crippen molar-refractivity contribution in [2.45, 2.75) is 45.8 Å². The van der Waals surface area contributed by atoms with Crippen LogP contribution in [0.4, 0.5) is 0 Å². The van der Waals surface area contributed by atoms with Crippen LogP contribution in [0.1, 0.15) is 31.7 Å². The largest absolute Gasteiger partial charge is 0.354 e. The number of carbonyl (C=O) groups is 2. The van der Waals surface area contributed by atoms with Gasteiger partial charge in [0.05, 0.1) is 19.0 Å². The van der Waals surface area contributed by atoms with Crippen molar-refractivity contribution in [2.24, 2.45) is 5.92 Å². The van der Waals surface area contributed by atoms with Crippen LogP contribution in [0.3, 0.4) is 0 Å². The van der Waals surface area contributed by atoms with Gasteiger partial charge in [0, 0.05) is 31.4 Å². The predicted octanol–water partition coefficient (Wildman–Crippen LogP) is 0.184. The van der Waals surface area contributed by atoms with Gasteiger partial charge in [-0.05, 0) is 25.8 Å². The number of nitrogens with one attached hydrogen (secondary N) is 1. The molecule has 2 aromatic heterocycles. The van der Waals surface area contributed by atoms with Crippen molar-refractivity contribution >= 4 is 11.8 Å². The molecule has 2 aromatic rings. The lowest BCUT2D eigenvalue weighted by atomic mass is 10.1. The molecule has 0 aromatic carbocycles. The molecule has 1 atom stereocenters. The maximum atomic E-state index is 12.7. The molecule has 1 N–H and O–H groups in total. The molecule has 0 spiro atoms. The number of nitrogens with zero attached hydrogens (tertiary/aromatic N) is 6. The van der Waals surface area contributed by atoms with Gasteiger partial charge in [0.1, 0.15) is 18.5 Å². The van der Waals surface area contributed by atoms with E-state index in [1.807, 2.05) is 13.8 Å². The zero-order valence-corrected chi connectivity index (χ0v) is 15.0. The SMILES string of the molecule is CC(C)NC(=O)C1CN(C(=O)CCc2cncnc2)Cc2ncnn2C1. The van der Waals surface area contributed by atoms with Crippen LogP contribution in [0, 0.1) is 5.92 Å². The van der Waals surface area contributed by atoms with E-state index in [0.29, 0.717) is 38.3 Å². The Morgan fingerprint density at radius 2 is 2.00 bits per heavy atom. The summed E-state index contributed by atoms with van der Waals surface area (Å²) in [6.45, 7) is 4.97. The van der Waals surface area contributed by atoms with Crippen LogP contribution in [0.5, 0.6) is 0 Å². The molecular formula is C17H23N7O2. The summed E-state index contributed by atoms with van der Waals surface area (Å²) in [4.78, 5) is 39.1. The minimum absolute atomic E-state index is 0.0207. The molecule has 0 saturated carbocycles. The van der Waals surface area contributed by atoms with Gasteiger partial charge < -0.3 is 10.2 Å². The Kier molecular flexibility index (Phi) is 5.55. The average molecular weight is 357 g/mol. The van der Waals surface area contributed by atoms with Crippen LogP contribution in [-0.4, -0.2) is 54.0 Å².